The van der Waals surface area contributed by atoms with Gasteiger partial charge in [-0.25, -0.2) is 13.1 Å². The minimum atomic E-state index is -3.56. The summed E-state index contributed by atoms with van der Waals surface area (Å²) in [4.78, 5) is 12.5. The highest BCUT2D eigenvalue weighted by Crippen LogP contribution is 2.14. The molecule has 5 nitrogen and oxygen atoms in total. The maximum absolute atomic E-state index is 12.5. The normalized spacial score (nSPS) is 11.3. The topological polar surface area (TPSA) is 75.3 Å². The third kappa shape index (κ3) is 8.15. The van der Waals surface area contributed by atoms with Crippen LogP contribution < -0.4 is 10.0 Å². The number of hydrogen-bond donors (Lipinski definition) is 2. The molecule has 0 atom stereocenters. The molecule has 0 unspecified atom stereocenters. The largest absolute Gasteiger partial charge is 0.326 e. The summed E-state index contributed by atoms with van der Waals surface area (Å²) >= 11 is 0. The first-order valence-electron chi connectivity index (χ1n) is 11.5. The zero-order valence-electron chi connectivity index (χ0n) is 19.1. The second-order valence-electron chi connectivity index (χ2n) is 8.13. The molecule has 0 aromatic heterocycles. The van der Waals surface area contributed by atoms with Crippen molar-refractivity contribution in [2.24, 2.45) is 0 Å². The van der Waals surface area contributed by atoms with Crippen LogP contribution in [0.25, 0.3) is 0 Å². The SMILES string of the molecule is CCCCc1ccc(NC(=O)CCc2ccc(S(=O)(=O)NCCc3ccccc3)cc2)cc1. The number of carbonyl (C=O) groups is 1. The first kappa shape index (κ1) is 24.7. The van der Waals surface area contributed by atoms with Crippen molar-refractivity contribution in [3.8, 4) is 0 Å². The summed E-state index contributed by atoms with van der Waals surface area (Å²) < 4.78 is 27.7. The standard InChI is InChI=1S/C27H32N2O3S/c1-2-3-7-23-10-15-25(16-11-23)29-27(30)19-14-24-12-17-26(18-13-24)33(31,32)28-21-20-22-8-5-4-6-9-22/h4-6,8-13,15-18,28H,2-3,7,14,19-21H2,1H3,(H,29,30). The summed E-state index contributed by atoms with van der Waals surface area (Å²) in [5.41, 5.74) is 4.08. The Morgan fingerprint density at radius 3 is 2.03 bits per heavy atom. The van der Waals surface area contributed by atoms with Crippen molar-refractivity contribution in [1.29, 1.82) is 0 Å². The van der Waals surface area contributed by atoms with Crippen LogP contribution >= 0.6 is 0 Å². The van der Waals surface area contributed by atoms with Crippen LogP contribution in [0.5, 0.6) is 0 Å². The van der Waals surface area contributed by atoms with E-state index in [1.807, 2.05) is 42.5 Å². The lowest BCUT2D eigenvalue weighted by molar-refractivity contribution is -0.116. The van der Waals surface area contributed by atoms with Crippen LogP contribution in [0.2, 0.25) is 0 Å². The Labute approximate surface area is 197 Å². The number of carbonyl (C=O) groups excluding carboxylic acids is 1. The average molecular weight is 465 g/mol. The molecule has 3 aromatic carbocycles. The van der Waals surface area contributed by atoms with E-state index < -0.39 is 10.0 Å². The molecule has 0 fully saturated rings. The molecule has 0 bridgehead atoms. The van der Waals surface area contributed by atoms with Gasteiger partial charge in [-0.05, 0) is 66.6 Å². The Morgan fingerprint density at radius 2 is 1.36 bits per heavy atom. The Bertz CT molecular complexity index is 1110. The van der Waals surface area contributed by atoms with Crippen molar-refractivity contribution >= 4 is 21.6 Å². The van der Waals surface area contributed by atoms with E-state index in [2.05, 4.69) is 29.1 Å². The van der Waals surface area contributed by atoms with Gasteiger partial charge in [0.25, 0.3) is 0 Å². The number of rotatable bonds is 12. The van der Waals surface area contributed by atoms with Crippen LogP contribution in [-0.4, -0.2) is 20.9 Å². The first-order valence-corrected chi connectivity index (χ1v) is 13.0. The third-order valence-corrected chi connectivity index (χ3v) is 6.96. The maximum atomic E-state index is 12.5. The molecule has 33 heavy (non-hydrogen) atoms. The summed E-state index contributed by atoms with van der Waals surface area (Å²) in [5.74, 6) is -0.0596. The number of anilines is 1. The lowest BCUT2D eigenvalue weighted by Gasteiger charge is -2.09. The van der Waals surface area contributed by atoms with Gasteiger partial charge >= 0.3 is 0 Å². The Hall–Kier alpha value is -2.96. The highest BCUT2D eigenvalue weighted by molar-refractivity contribution is 7.89. The van der Waals surface area contributed by atoms with Gasteiger partial charge in [0, 0.05) is 18.7 Å². The van der Waals surface area contributed by atoms with Gasteiger partial charge in [-0.2, -0.15) is 0 Å². The van der Waals surface area contributed by atoms with Gasteiger partial charge in [0.1, 0.15) is 0 Å². The third-order valence-electron chi connectivity index (χ3n) is 5.48. The summed E-state index contributed by atoms with van der Waals surface area (Å²) in [6.45, 7) is 2.51. The van der Waals surface area contributed by atoms with E-state index in [-0.39, 0.29) is 10.8 Å². The Kier molecular flexibility index (Phi) is 9.22. The minimum absolute atomic E-state index is 0.0596. The fourth-order valence-corrected chi connectivity index (χ4v) is 4.54. The van der Waals surface area contributed by atoms with Crippen molar-refractivity contribution in [2.75, 3.05) is 11.9 Å². The van der Waals surface area contributed by atoms with Crippen molar-refractivity contribution in [2.45, 2.75) is 50.3 Å². The second kappa shape index (κ2) is 12.3. The summed E-state index contributed by atoms with van der Waals surface area (Å²) in [6.07, 6.45) is 4.89. The van der Waals surface area contributed by atoms with Gasteiger partial charge < -0.3 is 5.32 Å². The molecule has 2 N–H and O–H groups in total. The van der Waals surface area contributed by atoms with E-state index in [4.69, 9.17) is 0 Å². The second-order valence-corrected chi connectivity index (χ2v) is 9.89. The molecule has 0 spiro atoms. The van der Waals surface area contributed by atoms with E-state index in [1.54, 1.807) is 24.3 Å². The van der Waals surface area contributed by atoms with Crippen molar-refractivity contribution in [3.63, 3.8) is 0 Å². The number of hydrogen-bond acceptors (Lipinski definition) is 3. The van der Waals surface area contributed by atoms with Gasteiger partial charge in [-0.1, -0.05) is 67.9 Å². The zero-order chi connectivity index (χ0) is 23.5. The van der Waals surface area contributed by atoms with E-state index in [0.717, 1.165) is 36.1 Å². The lowest BCUT2D eigenvalue weighted by atomic mass is 10.1. The van der Waals surface area contributed by atoms with Crippen molar-refractivity contribution in [3.05, 3.63) is 95.6 Å². The predicted molar refractivity (Wildman–Crippen MR) is 134 cm³/mol. The van der Waals surface area contributed by atoms with E-state index >= 15 is 0 Å². The number of amides is 1. The van der Waals surface area contributed by atoms with E-state index in [1.165, 1.54) is 5.56 Å². The molecule has 0 saturated carbocycles. The van der Waals surface area contributed by atoms with Gasteiger partial charge in [-0.15, -0.1) is 0 Å². The molecule has 3 rings (SSSR count). The quantitative estimate of drug-likeness (QED) is 0.391. The molecule has 0 aliphatic heterocycles. The van der Waals surface area contributed by atoms with Gasteiger partial charge in [-0.3, -0.25) is 4.79 Å². The molecule has 0 aliphatic rings. The lowest BCUT2D eigenvalue weighted by Crippen LogP contribution is -2.26. The van der Waals surface area contributed by atoms with Crippen molar-refractivity contribution < 1.29 is 13.2 Å². The van der Waals surface area contributed by atoms with Crippen LogP contribution in [0.15, 0.2) is 83.8 Å². The summed E-state index contributed by atoms with van der Waals surface area (Å²) in [7, 11) is -3.56. The molecule has 0 saturated heterocycles. The molecule has 0 aliphatic carbocycles. The zero-order valence-corrected chi connectivity index (χ0v) is 19.9. The molecule has 0 radical (unpaired) electrons. The van der Waals surface area contributed by atoms with Crippen LogP contribution in [0.1, 0.15) is 42.9 Å². The van der Waals surface area contributed by atoms with E-state index in [0.29, 0.717) is 25.8 Å². The molecule has 3 aromatic rings. The first-order chi connectivity index (χ1) is 16.0. The smallest absolute Gasteiger partial charge is 0.240 e. The molecule has 174 valence electrons. The number of unbranched alkanes of at least 4 members (excludes halogenated alkanes) is 1. The Morgan fingerprint density at radius 1 is 0.758 bits per heavy atom. The summed E-state index contributed by atoms with van der Waals surface area (Å²) in [5, 5.41) is 2.92. The molecular formula is C27H32N2O3S. The van der Waals surface area contributed by atoms with Gasteiger partial charge in [0.2, 0.25) is 15.9 Å². The van der Waals surface area contributed by atoms with Crippen LogP contribution in [0, 0.1) is 0 Å². The average Bonchev–Trinajstić information content (AvgIpc) is 2.83. The fraction of sp³-hybridized carbons (Fsp3) is 0.296. The summed E-state index contributed by atoms with van der Waals surface area (Å²) in [6, 6.07) is 24.5. The molecular weight excluding hydrogens is 432 g/mol. The highest BCUT2D eigenvalue weighted by Gasteiger charge is 2.13. The maximum Gasteiger partial charge on any atom is 0.240 e. The van der Waals surface area contributed by atoms with Crippen molar-refractivity contribution in [1.82, 2.24) is 4.72 Å². The van der Waals surface area contributed by atoms with E-state index in [9.17, 15) is 13.2 Å². The predicted octanol–water partition coefficient (Wildman–Crippen LogP) is 5.12. The fourth-order valence-electron chi connectivity index (χ4n) is 3.51. The molecule has 1 amide bonds. The highest BCUT2D eigenvalue weighted by atomic mass is 32.2. The van der Waals surface area contributed by atoms with Crippen LogP contribution in [-0.2, 0) is 34.1 Å². The van der Waals surface area contributed by atoms with Crippen LogP contribution in [0.4, 0.5) is 5.69 Å². The van der Waals surface area contributed by atoms with Gasteiger partial charge in [0.05, 0.1) is 4.90 Å². The monoisotopic (exact) mass is 464 g/mol. The Balaban J connectivity index is 1.45. The van der Waals surface area contributed by atoms with Crippen LogP contribution in [0.3, 0.4) is 0 Å². The molecule has 0 heterocycles. The molecule has 6 heteroatoms. The number of nitrogens with one attached hydrogen (secondary N) is 2. The number of benzene rings is 3. The minimum Gasteiger partial charge on any atom is -0.326 e. The number of aryl methyl sites for hydroxylation is 2. The van der Waals surface area contributed by atoms with Gasteiger partial charge in [0.15, 0.2) is 0 Å². The number of sulfonamides is 1.